The van der Waals surface area contributed by atoms with Crippen LogP contribution >= 0.6 is 0 Å². The van der Waals surface area contributed by atoms with E-state index in [4.69, 9.17) is 9.47 Å². The average molecular weight is 305 g/mol. The SMILES string of the molecule is COc1cc(OC)cc(N(c2ccccc2)c2ccccc2)c1. The van der Waals surface area contributed by atoms with Crippen molar-refractivity contribution in [1.29, 1.82) is 0 Å². The summed E-state index contributed by atoms with van der Waals surface area (Å²) in [6.45, 7) is 0. The summed E-state index contributed by atoms with van der Waals surface area (Å²) < 4.78 is 10.8. The molecular formula is C20H19NO2. The molecule has 0 aliphatic carbocycles. The number of hydrogen-bond donors (Lipinski definition) is 0. The largest absolute Gasteiger partial charge is 0.497 e. The number of nitrogens with zero attached hydrogens (tertiary/aromatic N) is 1. The van der Waals surface area contributed by atoms with Crippen LogP contribution in [0.1, 0.15) is 0 Å². The van der Waals surface area contributed by atoms with Gasteiger partial charge in [0.2, 0.25) is 0 Å². The molecule has 0 aliphatic heterocycles. The summed E-state index contributed by atoms with van der Waals surface area (Å²) >= 11 is 0. The Bertz CT molecular complexity index is 695. The molecule has 23 heavy (non-hydrogen) atoms. The zero-order chi connectivity index (χ0) is 16.1. The Labute approximate surface area is 136 Å². The molecule has 0 aromatic heterocycles. The number of hydrogen-bond acceptors (Lipinski definition) is 3. The van der Waals surface area contributed by atoms with Crippen LogP contribution in [-0.4, -0.2) is 14.2 Å². The van der Waals surface area contributed by atoms with Gasteiger partial charge in [-0.3, -0.25) is 0 Å². The van der Waals surface area contributed by atoms with Crippen molar-refractivity contribution < 1.29 is 9.47 Å². The molecule has 0 bridgehead atoms. The van der Waals surface area contributed by atoms with E-state index in [-0.39, 0.29) is 0 Å². The Morgan fingerprint density at radius 1 is 0.565 bits per heavy atom. The van der Waals surface area contributed by atoms with Gasteiger partial charge in [-0.1, -0.05) is 36.4 Å². The predicted octanol–water partition coefficient (Wildman–Crippen LogP) is 5.17. The minimum Gasteiger partial charge on any atom is -0.497 e. The molecule has 3 aromatic rings. The van der Waals surface area contributed by atoms with E-state index < -0.39 is 0 Å². The highest BCUT2D eigenvalue weighted by Crippen LogP contribution is 2.38. The Morgan fingerprint density at radius 2 is 1.00 bits per heavy atom. The van der Waals surface area contributed by atoms with E-state index in [1.165, 1.54) is 0 Å². The summed E-state index contributed by atoms with van der Waals surface area (Å²) in [6, 6.07) is 26.4. The quantitative estimate of drug-likeness (QED) is 0.649. The molecule has 3 heteroatoms. The zero-order valence-electron chi connectivity index (χ0n) is 13.3. The van der Waals surface area contributed by atoms with Gasteiger partial charge in [-0.15, -0.1) is 0 Å². The van der Waals surface area contributed by atoms with E-state index in [1.54, 1.807) is 14.2 Å². The maximum atomic E-state index is 5.41. The van der Waals surface area contributed by atoms with Gasteiger partial charge in [0, 0.05) is 29.6 Å². The van der Waals surface area contributed by atoms with Crippen LogP contribution in [0.5, 0.6) is 11.5 Å². The lowest BCUT2D eigenvalue weighted by Crippen LogP contribution is -2.10. The van der Waals surface area contributed by atoms with Crippen LogP contribution in [0.3, 0.4) is 0 Å². The summed E-state index contributed by atoms with van der Waals surface area (Å²) in [7, 11) is 3.32. The van der Waals surface area contributed by atoms with Crippen LogP contribution < -0.4 is 14.4 Å². The first kappa shape index (κ1) is 15.0. The molecule has 0 amide bonds. The molecule has 0 N–H and O–H groups in total. The third kappa shape index (κ3) is 3.29. The van der Waals surface area contributed by atoms with Gasteiger partial charge in [0.05, 0.1) is 19.9 Å². The van der Waals surface area contributed by atoms with E-state index >= 15 is 0 Å². The molecule has 116 valence electrons. The summed E-state index contributed by atoms with van der Waals surface area (Å²) in [4.78, 5) is 2.17. The van der Waals surface area contributed by atoms with E-state index in [1.807, 2.05) is 54.6 Å². The number of benzene rings is 3. The first-order valence-electron chi connectivity index (χ1n) is 7.45. The number of ether oxygens (including phenoxy) is 2. The van der Waals surface area contributed by atoms with Crippen molar-refractivity contribution in [1.82, 2.24) is 0 Å². The maximum Gasteiger partial charge on any atom is 0.124 e. The van der Waals surface area contributed by atoms with Gasteiger partial charge in [-0.05, 0) is 24.3 Å². The molecule has 0 fully saturated rings. The van der Waals surface area contributed by atoms with E-state index in [9.17, 15) is 0 Å². The normalized spacial score (nSPS) is 10.2. The molecule has 0 heterocycles. The van der Waals surface area contributed by atoms with Crippen molar-refractivity contribution in [3.05, 3.63) is 78.9 Å². The Hall–Kier alpha value is -2.94. The Morgan fingerprint density at radius 3 is 1.39 bits per heavy atom. The summed E-state index contributed by atoms with van der Waals surface area (Å²) in [6.07, 6.45) is 0. The van der Waals surface area contributed by atoms with E-state index in [0.29, 0.717) is 0 Å². The fourth-order valence-corrected chi connectivity index (χ4v) is 2.52. The van der Waals surface area contributed by atoms with Gasteiger partial charge in [-0.25, -0.2) is 0 Å². The molecular weight excluding hydrogens is 286 g/mol. The first-order valence-corrected chi connectivity index (χ1v) is 7.45. The molecule has 0 atom stereocenters. The van der Waals surface area contributed by atoms with Crippen molar-refractivity contribution in [2.75, 3.05) is 19.1 Å². The van der Waals surface area contributed by atoms with Crippen molar-refractivity contribution in [2.45, 2.75) is 0 Å². The smallest absolute Gasteiger partial charge is 0.124 e. The summed E-state index contributed by atoms with van der Waals surface area (Å²) in [5, 5.41) is 0. The van der Waals surface area contributed by atoms with Crippen LogP contribution in [0, 0.1) is 0 Å². The van der Waals surface area contributed by atoms with Crippen molar-refractivity contribution >= 4 is 17.1 Å². The lowest BCUT2D eigenvalue weighted by atomic mass is 10.2. The molecule has 3 aromatic carbocycles. The van der Waals surface area contributed by atoms with Crippen molar-refractivity contribution in [3.63, 3.8) is 0 Å². The van der Waals surface area contributed by atoms with Gasteiger partial charge >= 0.3 is 0 Å². The van der Waals surface area contributed by atoms with Crippen molar-refractivity contribution in [2.24, 2.45) is 0 Å². The predicted molar refractivity (Wildman–Crippen MR) is 94.2 cm³/mol. The monoisotopic (exact) mass is 305 g/mol. The Kier molecular flexibility index (Phi) is 4.48. The number of anilines is 3. The van der Waals surface area contributed by atoms with Crippen LogP contribution in [0.4, 0.5) is 17.1 Å². The number of para-hydroxylation sites is 2. The van der Waals surface area contributed by atoms with Gasteiger partial charge in [-0.2, -0.15) is 0 Å². The highest BCUT2D eigenvalue weighted by molar-refractivity contribution is 5.77. The highest BCUT2D eigenvalue weighted by Gasteiger charge is 2.14. The third-order valence-corrected chi connectivity index (χ3v) is 3.62. The lowest BCUT2D eigenvalue weighted by Gasteiger charge is -2.26. The van der Waals surface area contributed by atoms with E-state index in [0.717, 1.165) is 28.6 Å². The van der Waals surface area contributed by atoms with Gasteiger partial charge in [0.25, 0.3) is 0 Å². The van der Waals surface area contributed by atoms with Gasteiger partial charge in [0.15, 0.2) is 0 Å². The number of rotatable bonds is 5. The Balaban J connectivity index is 2.16. The zero-order valence-corrected chi connectivity index (χ0v) is 13.3. The average Bonchev–Trinajstić information content (AvgIpc) is 2.63. The fourth-order valence-electron chi connectivity index (χ4n) is 2.52. The second-order valence-corrected chi connectivity index (χ2v) is 5.08. The van der Waals surface area contributed by atoms with E-state index in [2.05, 4.69) is 29.2 Å². The van der Waals surface area contributed by atoms with Crippen LogP contribution in [0.2, 0.25) is 0 Å². The lowest BCUT2D eigenvalue weighted by molar-refractivity contribution is 0.394. The summed E-state index contributed by atoms with van der Waals surface area (Å²) in [5.74, 6) is 1.52. The molecule has 0 saturated heterocycles. The van der Waals surface area contributed by atoms with Crippen molar-refractivity contribution in [3.8, 4) is 11.5 Å². The minimum atomic E-state index is 0.760. The molecule has 3 rings (SSSR count). The van der Waals surface area contributed by atoms with Crippen LogP contribution in [0.15, 0.2) is 78.9 Å². The molecule has 0 radical (unpaired) electrons. The fraction of sp³-hybridized carbons (Fsp3) is 0.100. The van der Waals surface area contributed by atoms with Gasteiger partial charge < -0.3 is 14.4 Å². The molecule has 0 saturated carbocycles. The molecule has 0 spiro atoms. The molecule has 3 nitrogen and oxygen atoms in total. The third-order valence-electron chi connectivity index (χ3n) is 3.62. The highest BCUT2D eigenvalue weighted by atomic mass is 16.5. The van der Waals surface area contributed by atoms with Crippen LogP contribution in [-0.2, 0) is 0 Å². The second kappa shape index (κ2) is 6.88. The minimum absolute atomic E-state index is 0.760. The van der Waals surface area contributed by atoms with Gasteiger partial charge in [0.1, 0.15) is 11.5 Å². The standard InChI is InChI=1S/C20H19NO2/c1-22-19-13-18(14-20(15-19)23-2)21(16-9-5-3-6-10-16)17-11-7-4-8-12-17/h3-15H,1-2H3. The topological polar surface area (TPSA) is 21.7 Å². The molecule has 0 unspecified atom stereocenters. The summed E-state index contributed by atoms with van der Waals surface area (Å²) in [5.41, 5.74) is 3.14. The maximum absolute atomic E-state index is 5.41. The molecule has 0 aliphatic rings. The van der Waals surface area contributed by atoms with Crippen LogP contribution in [0.25, 0.3) is 0 Å². The number of methoxy groups -OCH3 is 2. The first-order chi connectivity index (χ1) is 11.3. The second-order valence-electron chi connectivity index (χ2n) is 5.08.